The van der Waals surface area contributed by atoms with Crippen molar-refractivity contribution in [3.8, 4) is 0 Å². The van der Waals surface area contributed by atoms with E-state index in [-0.39, 0.29) is 6.04 Å². The first-order chi connectivity index (χ1) is 8.76. The highest BCUT2D eigenvalue weighted by Gasteiger charge is 2.29. The SMILES string of the molecule is CCn1cc(Cn2ccc(C(N)C3CC3)c2)cn1. The van der Waals surface area contributed by atoms with E-state index in [0.717, 1.165) is 13.1 Å². The van der Waals surface area contributed by atoms with E-state index in [1.807, 2.05) is 10.9 Å². The van der Waals surface area contributed by atoms with Gasteiger partial charge >= 0.3 is 0 Å². The van der Waals surface area contributed by atoms with Gasteiger partial charge < -0.3 is 10.3 Å². The molecule has 0 amide bonds. The molecule has 2 aromatic heterocycles. The Bertz CT molecular complexity index is 521. The minimum Gasteiger partial charge on any atom is -0.349 e. The monoisotopic (exact) mass is 244 g/mol. The maximum Gasteiger partial charge on any atom is 0.0539 e. The average molecular weight is 244 g/mol. The molecule has 0 bridgehead atoms. The fourth-order valence-corrected chi connectivity index (χ4v) is 2.35. The van der Waals surface area contributed by atoms with Gasteiger partial charge in [0.05, 0.1) is 12.7 Å². The quantitative estimate of drug-likeness (QED) is 0.876. The Morgan fingerprint density at radius 3 is 2.94 bits per heavy atom. The van der Waals surface area contributed by atoms with Gasteiger partial charge in [0.25, 0.3) is 0 Å². The molecular weight excluding hydrogens is 224 g/mol. The van der Waals surface area contributed by atoms with Crippen LogP contribution in [0.15, 0.2) is 30.9 Å². The van der Waals surface area contributed by atoms with Crippen molar-refractivity contribution >= 4 is 0 Å². The van der Waals surface area contributed by atoms with E-state index in [1.54, 1.807) is 0 Å². The molecule has 4 heteroatoms. The van der Waals surface area contributed by atoms with Gasteiger partial charge in [0.2, 0.25) is 0 Å². The molecule has 2 aromatic rings. The molecule has 2 heterocycles. The molecule has 1 atom stereocenters. The molecule has 0 saturated heterocycles. The average Bonchev–Trinajstić information content (AvgIpc) is 2.96. The smallest absolute Gasteiger partial charge is 0.0539 e. The Morgan fingerprint density at radius 1 is 1.44 bits per heavy atom. The van der Waals surface area contributed by atoms with Crippen LogP contribution in [0.2, 0.25) is 0 Å². The van der Waals surface area contributed by atoms with Gasteiger partial charge in [-0.25, -0.2) is 0 Å². The highest BCUT2D eigenvalue weighted by Crippen LogP contribution is 2.39. The molecule has 0 spiro atoms. The van der Waals surface area contributed by atoms with E-state index in [9.17, 15) is 0 Å². The Morgan fingerprint density at radius 2 is 2.28 bits per heavy atom. The first-order valence-electron chi connectivity index (χ1n) is 6.69. The molecule has 2 N–H and O–H groups in total. The number of nitrogens with two attached hydrogens (primary N) is 1. The summed E-state index contributed by atoms with van der Waals surface area (Å²) in [6, 6.07) is 2.37. The van der Waals surface area contributed by atoms with Crippen molar-refractivity contribution in [2.75, 3.05) is 0 Å². The molecule has 0 radical (unpaired) electrons. The summed E-state index contributed by atoms with van der Waals surface area (Å²) in [7, 11) is 0. The van der Waals surface area contributed by atoms with Crippen molar-refractivity contribution < 1.29 is 0 Å². The molecule has 4 nitrogen and oxygen atoms in total. The molecule has 1 aliphatic rings. The summed E-state index contributed by atoms with van der Waals surface area (Å²) in [5.74, 6) is 0.712. The summed E-state index contributed by atoms with van der Waals surface area (Å²) in [5.41, 5.74) is 8.70. The van der Waals surface area contributed by atoms with Crippen LogP contribution in [0.5, 0.6) is 0 Å². The Labute approximate surface area is 107 Å². The third-order valence-corrected chi connectivity index (χ3v) is 3.66. The van der Waals surface area contributed by atoms with Gasteiger partial charge in [-0.1, -0.05) is 0 Å². The lowest BCUT2D eigenvalue weighted by Crippen LogP contribution is -2.11. The fraction of sp³-hybridized carbons (Fsp3) is 0.500. The van der Waals surface area contributed by atoms with Gasteiger partial charge in [0, 0.05) is 36.7 Å². The summed E-state index contributed by atoms with van der Waals surface area (Å²) in [5, 5.41) is 4.29. The lowest BCUT2D eigenvalue weighted by molar-refractivity contribution is 0.630. The number of aromatic nitrogens is 3. The zero-order valence-electron chi connectivity index (χ0n) is 10.8. The summed E-state index contributed by atoms with van der Waals surface area (Å²) in [6.45, 7) is 3.89. The van der Waals surface area contributed by atoms with E-state index >= 15 is 0 Å². The Hall–Kier alpha value is -1.55. The first kappa shape index (κ1) is 11.5. The number of hydrogen-bond acceptors (Lipinski definition) is 2. The summed E-state index contributed by atoms with van der Waals surface area (Å²) >= 11 is 0. The van der Waals surface area contributed by atoms with Crippen LogP contribution in [-0.4, -0.2) is 14.3 Å². The topological polar surface area (TPSA) is 48.8 Å². The van der Waals surface area contributed by atoms with E-state index < -0.39 is 0 Å². The zero-order chi connectivity index (χ0) is 12.5. The summed E-state index contributed by atoms with van der Waals surface area (Å²) in [4.78, 5) is 0. The Balaban J connectivity index is 1.69. The van der Waals surface area contributed by atoms with Crippen molar-refractivity contribution in [2.24, 2.45) is 11.7 Å². The van der Waals surface area contributed by atoms with Crippen LogP contribution in [0, 0.1) is 5.92 Å². The molecule has 1 saturated carbocycles. The predicted octanol–water partition coefficient (Wildman–Crippen LogP) is 2.16. The van der Waals surface area contributed by atoms with Crippen molar-refractivity contribution in [1.82, 2.24) is 14.3 Å². The van der Waals surface area contributed by atoms with E-state index in [1.165, 1.54) is 24.0 Å². The van der Waals surface area contributed by atoms with Gasteiger partial charge in [0.15, 0.2) is 0 Å². The molecule has 1 unspecified atom stereocenters. The molecule has 0 aromatic carbocycles. The Kier molecular flexibility index (Phi) is 2.96. The lowest BCUT2D eigenvalue weighted by atomic mass is 10.1. The number of hydrogen-bond donors (Lipinski definition) is 1. The molecule has 0 aliphatic heterocycles. The highest BCUT2D eigenvalue weighted by molar-refractivity contribution is 5.19. The van der Waals surface area contributed by atoms with Crippen LogP contribution in [0.3, 0.4) is 0 Å². The van der Waals surface area contributed by atoms with Crippen LogP contribution < -0.4 is 5.73 Å². The normalized spacial score (nSPS) is 17.0. The highest BCUT2D eigenvalue weighted by atomic mass is 15.3. The second-order valence-corrected chi connectivity index (χ2v) is 5.18. The largest absolute Gasteiger partial charge is 0.349 e. The minimum atomic E-state index is 0.226. The minimum absolute atomic E-state index is 0.226. The molecule has 18 heavy (non-hydrogen) atoms. The second-order valence-electron chi connectivity index (χ2n) is 5.18. The van der Waals surface area contributed by atoms with Crippen molar-refractivity contribution in [2.45, 2.75) is 38.9 Å². The van der Waals surface area contributed by atoms with Crippen LogP contribution >= 0.6 is 0 Å². The fourth-order valence-electron chi connectivity index (χ4n) is 2.35. The van der Waals surface area contributed by atoms with Gasteiger partial charge in [-0.05, 0) is 37.3 Å². The molecule has 96 valence electrons. The lowest BCUT2D eigenvalue weighted by Gasteiger charge is -2.07. The van der Waals surface area contributed by atoms with Crippen molar-refractivity contribution in [3.63, 3.8) is 0 Å². The third kappa shape index (κ3) is 2.34. The second kappa shape index (κ2) is 4.61. The third-order valence-electron chi connectivity index (χ3n) is 3.66. The number of rotatable bonds is 5. The molecule has 3 rings (SSSR count). The maximum absolute atomic E-state index is 6.20. The van der Waals surface area contributed by atoms with Crippen LogP contribution in [0.4, 0.5) is 0 Å². The molecule has 1 fully saturated rings. The summed E-state index contributed by atoms with van der Waals surface area (Å²) in [6.07, 6.45) is 10.9. The summed E-state index contributed by atoms with van der Waals surface area (Å²) < 4.78 is 4.14. The van der Waals surface area contributed by atoms with E-state index in [0.29, 0.717) is 5.92 Å². The van der Waals surface area contributed by atoms with Crippen LogP contribution in [0.1, 0.15) is 36.9 Å². The first-order valence-corrected chi connectivity index (χ1v) is 6.69. The number of aryl methyl sites for hydroxylation is 1. The van der Waals surface area contributed by atoms with Crippen molar-refractivity contribution in [3.05, 3.63) is 42.0 Å². The van der Waals surface area contributed by atoms with Crippen molar-refractivity contribution in [1.29, 1.82) is 0 Å². The van der Waals surface area contributed by atoms with Crippen LogP contribution in [0.25, 0.3) is 0 Å². The predicted molar refractivity (Wildman–Crippen MR) is 71.1 cm³/mol. The van der Waals surface area contributed by atoms with Gasteiger partial charge in [-0.15, -0.1) is 0 Å². The van der Waals surface area contributed by atoms with Crippen LogP contribution in [-0.2, 0) is 13.1 Å². The van der Waals surface area contributed by atoms with E-state index in [4.69, 9.17) is 5.73 Å². The van der Waals surface area contributed by atoms with Gasteiger partial charge in [-0.2, -0.15) is 5.10 Å². The van der Waals surface area contributed by atoms with E-state index in [2.05, 4.69) is 41.2 Å². The molecule has 1 aliphatic carbocycles. The number of nitrogens with zero attached hydrogens (tertiary/aromatic N) is 3. The maximum atomic E-state index is 6.20. The molecular formula is C14H20N4. The standard InChI is InChI=1S/C14H20N4/c1-2-18-9-11(7-16-18)8-17-6-5-13(10-17)14(15)12-3-4-12/h5-7,9-10,12,14H,2-4,8,15H2,1H3. The van der Waals surface area contributed by atoms with Gasteiger partial charge in [-0.3, -0.25) is 4.68 Å². The zero-order valence-corrected chi connectivity index (χ0v) is 10.8. The van der Waals surface area contributed by atoms with Gasteiger partial charge in [0.1, 0.15) is 0 Å².